The molecular formula is C20H20N4O3S. The third kappa shape index (κ3) is 5.04. The molecule has 1 saturated heterocycles. The molecule has 0 saturated carbocycles. The van der Waals surface area contributed by atoms with Crippen LogP contribution in [0.1, 0.15) is 36.5 Å². The minimum atomic E-state index is -0.456. The van der Waals surface area contributed by atoms with Crippen LogP contribution in [0.25, 0.3) is 0 Å². The highest BCUT2D eigenvalue weighted by molar-refractivity contribution is 8.15. The van der Waals surface area contributed by atoms with Gasteiger partial charge in [0.25, 0.3) is 5.69 Å². The minimum Gasteiger partial charge on any atom is -0.303 e. The van der Waals surface area contributed by atoms with Crippen LogP contribution in [0, 0.1) is 10.1 Å². The standard InChI is InChI=1S/C20H20N4O3S/c1-13(2)16-7-3-14(4-8-16)11-18-19(25)22-20(28-18)23-21-12-15-5-9-17(10-6-15)24(26)27/h3-10,12-13,18H,11H2,1-2H3,(H,22,23,25)/b21-12+. The third-order valence-electron chi connectivity index (χ3n) is 4.30. The number of amidine groups is 1. The van der Waals surface area contributed by atoms with Crippen molar-refractivity contribution in [1.29, 1.82) is 0 Å². The number of nitro benzene ring substituents is 1. The summed E-state index contributed by atoms with van der Waals surface area (Å²) in [6.07, 6.45) is 2.11. The van der Waals surface area contributed by atoms with E-state index in [1.165, 1.54) is 35.7 Å². The van der Waals surface area contributed by atoms with Crippen LogP contribution < -0.4 is 5.32 Å². The monoisotopic (exact) mass is 396 g/mol. The molecule has 1 atom stereocenters. The largest absolute Gasteiger partial charge is 0.303 e. The summed E-state index contributed by atoms with van der Waals surface area (Å²) in [6, 6.07) is 14.3. The Morgan fingerprint density at radius 2 is 1.86 bits per heavy atom. The Morgan fingerprint density at radius 1 is 1.18 bits per heavy atom. The number of hydrogen-bond acceptors (Lipinski definition) is 6. The molecule has 144 valence electrons. The lowest BCUT2D eigenvalue weighted by atomic mass is 10.0. The Kier molecular flexibility index (Phi) is 6.20. The summed E-state index contributed by atoms with van der Waals surface area (Å²) in [7, 11) is 0. The number of amides is 1. The van der Waals surface area contributed by atoms with Gasteiger partial charge in [0.15, 0.2) is 5.17 Å². The van der Waals surface area contributed by atoms with Gasteiger partial charge in [0.05, 0.1) is 16.4 Å². The van der Waals surface area contributed by atoms with E-state index >= 15 is 0 Å². The van der Waals surface area contributed by atoms with Gasteiger partial charge in [-0.25, -0.2) is 0 Å². The molecule has 1 N–H and O–H groups in total. The molecule has 2 aromatic carbocycles. The van der Waals surface area contributed by atoms with E-state index < -0.39 is 4.92 Å². The van der Waals surface area contributed by atoms with Crippen LogP contribution >= 0.6 is 11.8 Å². The van der Waals surface area contributed by atoms with E-state index in [0.29, 0.717) is 23.1 Å². The van der Waals surface area contributed by atoms with Crippen molar-refractivity contribution < 1.29 is 9.72 Å². The van der Waals surface area contributed by atoms with Crippen LogP contribution in [0.5, 0.6) is 0 Å². The first-order chi connectivity index (χ1) is 13.4. The first-order valence-corrected chi connectivity index (χ1v) is 9.72. The number of carbonyl (C=O) groups excluding carboxylic acids is 1. The fourth-order valence-electron chi connectivity index (χ4n) is 2.67. The zero-order valence-corrected chi connectivity index (χ0v) is 16.3. The summed E-state index contributed by atoms with van der Waals surface area (Å²) in [5.74, 6) is 0.396. The lowest BCUT2D eigenvalue weighted by Gasteiger charge is -2.08. The Morgan fingerprint density at radius 3 is 2.46 bits per heavy atom. The zero-order valence-electron chi connectivity index (χ0n) is 15.5. The number of benzene rings is 2. The van der Waals surface area contributed by atoms with Gasteiger partial charge in [-0.1, -0.05) is 49.9 Å². The van der Waals surface area contributed by atoms with Crippen molar-refractivity contribution >= 4 is 34.7 Å². The van der Waals surface area contributed by atoms with Gasteiger partial charge in [0.1, 0.15) is 0 Å². The van der Waals surface area contributed by atoms with E-state index in [4.69, 9.17) is 0 Å². The molecule has 8 heteroatoms. The summed E-state index contributed by atoms with van der Waals surface area (Å²) in [5, 5.41) is 21.6. The Labute approximate surface area is 167 Å². The van der Waals surface area contributed by atoms with Gasteiger partial charge >= 0.3 is 0 Å². The number of hydrogen-bond donors (Lipinski definition) is 1. The molecule has 7 nitrogen and oxygen atoms in total. The van der Waals surface area contributed by atoms with Gasteiger partial charge in [0, 0.05) is 12.1 Å². The van der Waals surface area contributed by atoms with E-state index in [-0.39, 0.29) is 16.8 Å². The molecule has 0 radical (unpaired) electrons. The van der Waals surface area contributed by atoms with Crippen LogP contribution in [0.15, 0.2) is 58.7 Å². The van der Waals surface area contributed by atoms with E-state index in [9.17, 15) is 14.9 Å². The average molecular weight is 396 g/mol. The number of carbonyl (C=O) groups is 1. The smallest absolute Gasteiger partial charge is 0.269 e. The zero-order chi connectivity index (χ0) is 20.1. The van der Waals surface area contributed by atoms with Crippen molar-refractivity contribution in [2.45, 2.75) is 31.4 Å². The van der Waals surface area contributed by atoms with Gasteiger partial charge in [-0.2, -0.15) is 5.10 Å². The van der Waals surface area contributed by atoms with E-state index in [1.54, 1.807) is 12.1 Å². The summed E-state index contributed by atoms with van der Waals surface area (Å²) >= 11 is 1.35. The molecule has 28 heavy (non-hydrogen) atoms. The molecule has 0 aliphatic carbocycles. The number of non-ortho nitro benzene ring substituents is 1. The summed E-state index contributed by atoms with van der Waals surface area (Å²) < 4.78 is 0. The Balaban J connectivity index is 1.59. The molecule has 0 bridgehead atoms. The summed E-state index contributed by atoms with van der Waals surface area (Å²) in [5.41, 5.74) is 3.08. The fourth-order valence-corrected chi connectivity index (χ4v) is 3.63. The van der Waals surface area contributed by atoms with Crippen LogP contribution in [0.4, 0.5) is 5.69 Å². The van der Waals surface area contributed by atoms with Gasteiger partial charge in [-0.3, -0.25) is 14.9 Å². The first-order valence-electron chi connectivity index (χ1n) is 8.84. The number of rotatable bonds is 6. The van der Waals surface area contributed by atoms with Gasteiger partial charge in [0.2, 0.25) is 5.91 Å². The number of thioether (sulfide) groups is 1. The molecule has 1 unspecified atom stereocenters. The highest BCUT2D eigenvalue weighted by atomic mass is 32.2. The topological polar surface area (TPSA) is 97.0 Å². The molecule has 2 aromatic rings. The van der Waals surface area contributed by atoms with Crippen LogP contribution in [-0.2, 0) is 11.2 Å². The number of nitrogens with zero attached hydrogens (tertiary/aromatic N) is 3. The van der Waals surface area contributed by atoms with Gasteiger partial charge in [-0.05, 0) is 41.2 Å². The summed E-state index contributed by atoms with van der Waals surface area (Å²) in [6.45, 7) is 4.30. The molecule has 1 heterocycles. The quantitative estimate of drug-likeness (QED) is 0.455. The molecule has 0 aromatic heterocycles. The Hall–Kier alpha value is -3.00. The normalized spacial score (nSPS) is 18.2. The SMILES string of the molecule is CC(C)c1ccc(CC2S/C(=N/N=C/c3ccc([N+](=O)[O-])cc3)NC2=O)cc1. The maximum absolute atomic E-state index is 12.2. The maximum Gasteiger partial charge on any atom is 0.269 e. The highest BCUT2D eigenvalue weighted by Crippen LogP contribution is 2.24. The Bertz CT molecular complexity index is 921. The van der Waals surface area contributed by atoms with Crippen molar-refractivity contribution in [1.82, 2.24) is 5.32 Å². The molecule has 0 spiro atoms. The molecular weight excluding hydrogens is 376 g/mol. The predicted octanol–water partition coefficient (Wildman–Crippen LogP) is 3.88. The number of nitro groups is 1. The van der Waals surface area contributed by atoms with Crippen molar-refractivity contribution in [3.63, 3.8) is 0 Å². The molecule has 3 rings (SSSR count). The number of nitrogens with one attached hydrogen (secondary N) is 1. The lowest BCUT2D eigenvalue weighted by molar-refractivity contribution is -0.384. The van der Waals surface area contributed by atoms with Gasteiger partial charge in [-0.15, -0.1) is 5.10 Å². The molecule has 1 aliphatic rings. The van der Waals surface area contributed by atoms with Crippen molar-refractivity contribution in [3.8, 4) is 0 Å². The van der Waals surface area contributed by atoms with Crippen LogP contribution in [0.2, 0.25) is 0 Å². The second-order valence-electron chi connectivity index (χ2n) is 6.69. The van der Waals surface area contributed by atoms with Crippen LogP contribution in [-0.4, -0.2) is 27.5 Å². The molecule has 1 fully saturated rings. The highest BCUT2D eigenvalue weighted by Gasteiger charge is 2.30. The van der Waals surface area contributed by atoms with E-state index in [1.807, 2.05) is 0 Å². The fraction of sp³-hybridized carbons (Fsp3) is 0.250. The first kappa shape index (κ1) is 19.8. The molecule has 1 amide bonds. The predicted molar refractivity (Wildman–Crippen MR) is 112 cm³/mol. The second-order valence-corrected chi connectivity index (χ2v) is 7.89. The van der Waals surface area contributed by atoms with Crippen molar-refractivity contribution in [2.24, 2.45) is 10.2 Å². The van der Waals surface area contributed by atoms with E-state index in [2.05, 4.69) is 53.6 Å². The lowest BCUT2D eigenvalue weighted by Crippen LogP contribution is -2.25. The van der Waals surface area contributed by atoms with Gasteiger partial charge < -0.3 is 5.32 Å². The van der Waals surface area contributed by atoms with E-state index in [0.717, 1.165) is 5.56 Å². The van der Waals surface area contributed by atoms with Crippen molar-refractivity contribution in [2.75, 3.05) is 0 Å². The van der Waals surface area contributed by atoms with Crippen molar-refractivity contribution in [3.05, 3.63) is 75.3 Å². The molecule has 1 aliphatic heterocycles. The minimum absolute atomic E-state index is 0.0198. The maximum atomic E-state index is 12.2. The van der Waals surface area contributed by atoms with Crippen LogP contribution in [0.3, 0.4) is 0 Å². The average Bonchev–Trinajstić information content (AvgIpc) is 3.02. The summed E-state index contributed by atoms with van der Waals surface area (Å²) in [4.78, 5) is 22.4. The second kappa shape index (κ2) is 8.79. The third-order valence-corrected chi connectivity index (χ3v) is 5.38.